The normalized spacial score (nSPS) is 10.1. The topological polar surface area (TPSA) is 53.3 Å². The zero-order valence-corrected chi connectivity index (χ0v) is 8.40. The first-order valence-electron chi connectivity index (χ1n) is 4.46. The molecule has 5 nitrogen and oxygen atoms in total. The molecule has 14 heavy (non-hydrogen) atoms. The second kappa shape index (κ2) is 5.39. The number of nitrogens with zero attached hydrogens (tertiary/aromatic N) is 2. The van der Waals surface area contributed by atoms with Crippen LogP contribution in [0.5, 0.6) is 0 Å². The van der Waals surface area contributed by atoms with Crippen molar-refractivity contribution < 1.29 is 14.3 Å². The average Bonchev–Trinajstić information content (AvgIpc) is 2.63. The van der Waals surface area contributed by atoms with Gasteiger partial charge in [0.05, 0.1) is 13.2 Å². The third kappa shape index (κ3) is 2.56. The fourth-order valence-corrected chi connectivity index (χ4v) is 1.06. The molecule has 0 amide bonds. The monoisotopic (exact) mass is 198 g/mol. The van der Waals surface area contributed by atoms with E-state index in [2.05, 4.69) is 4.98 Å². The van der Waals surface area contributed by atoms with E-state index in [9.17, 15) is 4.79 Å². The maximum atomic E-state index is 11.3. The summed E-state index contributed by atoms with van der Waals surface area (Å²) in [5, 5.41) is 0. The molecular weight excluding hydrogens is 184 g/mol. The molecular formula is C9H14N2O3. The quantitative estimate of drug-likeness (QED) is 0.654. The lowest BCUT2D eigenvalue weighted by Gasteiger charge is -2.05. The summed E-state index contributed by atoms with van der Waals surface area (Å²) in [6, 6.07) is 0. The van der Waals surface area contributed by atoms with Gasteiger partial charge in [-0.25, -0.2) is 9.78 Å². The van der Waals surface area contributed by atoms with Crippen LogP contribution in [0.4, 0.5) is 0 Å². The predicted octanol–water partition coefficient (Wildman–Crippen LogP) is 0.706. The highest BCUT2D eigenvalue weighted by Crippen LogP contribution is 2.00. The second-order valence-electron chi connectivity index (χ2n) is 2.66. The minimum absolute atomic E-state index is 0.323. The Morgan fingerprint density at radius 2 is 2.43 bits per heavy atom. The number of hydrogen-bond acceptors (Lipinski definition) is 4. The number of rotatable bonds is 5. The molecule has 1 aromatic rings. The molecule has 0 spiro atoms. The highest BCUT2D eigenvalue weighted by molar-refractivity contribution is 5.85. The summed E-state index contributed by atoms with van der Waals surface area (Å²) in [5.74, 6) is -0.0718. The Morgan fingerprint density at radius 3 is 3.07 bits per heavy atom. The van der Waals surface area contributed by atoms with Crippen molar-refractivity contribution in [3.8, 4) is 0 Å². The lowest BCUT2D eigenvalue weighted by atomic mass is 10.5. The Hall–Kier alpha value is -1.36. The van der Waals surface area contributed by atoms with Gasteiger partial charge in [0, 0.05) is 26.0 Å². The van der Waals surface area contributed by atoms with Crippen LogP contribution in [0.25, 0.3) is 0 Å². The van der Waals surface area contributed by atoms with Crippen LogP contribution in [0.15, 0.2) is 12.4 Å². The van der Waals surface area contributed by atoms with E-state index >= 15 is 0 Å². The van der Waals surface area contributed by atoms with Gasteiger partial charge in [-0.1, -0.05) is 0 Å². The van der Waals surface area contributed by atoms with Crippen molar-refractivity contribution >= 4 is 5.97 Å². The highest BCUT2D eigenvalue weighted by Gasteiger charge is 2.12. The molecule has 0 unspecified atom stereocenters. The summed E-state index contributed by atoms with van der Waals surface area (Å²) in [4.78, 5) is 15.3. The van der Waals surface area contributed by atoms with Crippen molar-refractivity contribution in [2.75, 3.05) is 20.3 Å². The van der Waals surface area contributed by atoms with E-state index in [0.29, 0.717) is 25.6 Å². The maximum Gasteiger partial charge on any atom is 0.374 e. The summed E-state index contributed by atoms with van der Waals surface area (Å²) in [6.07, 6.45) is 3.30. The van der Waals surface area contributed by atoms with Gasteiger partial charge in [0.1, 0.15) is 0 Å². The van der Waals surface area contributed by atoms with E-state index in [-0.39, 0.29) is 0 Å². The first kappa shape index (κ1) is 10.7. The molecule has 0 saturated carbocycles. The number of esters is 1. The van der Waals surface area contributed by atoms with E-state index in [1.165, 1.54) is 0 Å². The van der Waals surface area contributed by atoms with Gasteiger partial charge >= 0.3 is 5.97 Å². The van der Waals surface area contributed by atoms with Crippen LogP contribution in [-0.4, -0.2) is 35.8 Å². The standard InChI is InChI=1S/C9H14N2O3/c1-3-14-9(12)8-10-4-5-11(8)6-7-13-2/h4-5H,3,6-7H2,1-2H3. The predicted molar refractivity (Wildman–Crippen MR) is 50.1 cm³/mol. The molecule has 0 saturated heterocycles. The molecule has 0 radical (unpaired) electrons. The van der Waals surface area contributed by atoms with Crippen molar-refractivity contribution in [1.82, 2.24) is 9.55 Å². The fourth-order valence-electron chi connectivity index (χ4n) is 1.06. The van der Waals surface area contributed by atoms with Gasteiger partial charge in [0.2, 0.25) is 5.82 Å². The van der Waals surface area contributed by atoms with E-state index in [0.717, 1.165) is 0 Å². The summed E-state index contributed by atoms with van der Waals surface area (Å²) >= 11 is 0. The van der Waals surface area contributed by atoms with Gasteiger partial charge < -0.3 is 14.0 Å². The van der Waals surface area contributed by atoms with Crippen LogP contribution < -0.4 is 0 Å². The maximum absolute atomic E-state index is 11.3. The molecule has 0 fully saturated rings. The smallest absolute Gasteiger partial charge is 0.374 e. The second-order valence-corrected chi connectivity index (χ2v) is 2.66. The van der Waals surface area contributed by atoms with Crippen LogP contribution in [0.2, 0.25) is 0 Å². The van der Waals surface area contributed by atoms with E-state index < -0.39 is 5.97 Å². The average molecular weight is 198 g/mol. The summed E-state index contributed by atoms with van der Waals surface area (Å²) in [6.45, 7) is 3.27. The molecule has 1 heterocycles. The Balaban J connectivity index is 2.66. The first-order chi connectivity index (χ1) is 6.79. The SMILES string of the molecule is CCOC(=O)c1nccn1CCOC. The van der Waals surface area contributed by atoms with Crippen LogP contribution in [0.1, 0.15) is 17.5 Å². The minimum atomic E-state index is -0.395. The third-order valence-electron chi connectivity index (χ3n) is 1.71. The molecule has 0 aromatic carbocycles. The van der Waals surface area contributed by atoms with Crippen LogP contribution in [0.3, 0.4) is 0 Å². The van der Waals surface area contributed by atoms with E-state index in [4.69, 9.17) is 9.47 Å². The number of hydrogen-bond donors (Lipinski definition) is 0. The Kier molecular flexibility index (Phi) is 4.12. The molecule has 0 aliphatic heterocycles. The highest BCUT2D eigenvalue weighted by atomic mass is 16.5. The molecule has 0 bridgehead atoms. The van der Waals surface area contributed by atoms with Crippen molar-refractivity contribution in [2.24, 2.45) is 0 Å². The van der Waals surface area contributed by atoms with Crippen molar-refractivity contribution in [3.05, 3.63) is 18.2 Å². The Bertz CT molecular complexity index is 296. The van der Waals surface area contributed by atoms with Gasteiger partial charge in [-0.05, 0) is 6.92 Å². The van der Waals surface area contributed by atoms with Crippen molar-refractivity contribution in [3.63, 3.8) is 0 Å². The Labute approximate surface area is 82.6 Å². The summed E-state index contributed by atoms with van der Waals surface area (Å²) < 4.78 is 11.5. The zero-order chi connectivity index (χ0) is 10.4. The molecule has 0 aliphatic carbocycles. The van der Waals surface area contributed by atoms with Gasteiger partial charge in [-0.2, -0.15) is 0 Å². The number of imidazole rings is 1. The molecule has 5 heteroatoms. The van der Waals surface area contributed by atoms with Gasteiger partial charge in [-0.15, -0.1) is 0 Å². The lowest BCUT2D eigenvalue weighted by Crippen LogP contribution is -2.15. The zero-order valence-electron chi connectivity index (χ0n) is 8.40. The molecule has 0 atom stereocenters. The van der Waals surface area contributed by atoms with E-state index in [1.54, 1.807) is 31.0 Å². The number of carbonyl (C=O) groups is 1. The number of aromatic nitrogens is 2. The lowest BCUT2D eigenvalue weighted by molar-refractivity contribution is 0.0504. The van der Waals surface area contributed by atoms with Crippen LogP contribution >= 0.6 is 0 Å². The largest absolute Gasteiger partial charge is 0.460 e. The summed E-state index contributed by atoms with van der Waals surface area (Å²) in [5.41, 5.74) is 0. The fraction of sp³-hybridized carbons (Fsp3) is 0.556. The first-order valence-corrected chi connectivity index (χ1v) is 4.46. The number of methoxy groups -OCH3 is 1. The summed E-state index contributed by atoms with van der Waals surface area (Å²) in [7, 11) is 1.61. The minimum Gasteiger partial charge on any atom is -0.460 e. The van der Waals surface area contributed by atoms with Crippen LogP contribution in [-0.2, 0) is 16.0 Å². The number of carbonyl (C=O) groups excluding carboxylic acids is 1. The van der Waals surface area contributed by atoms with Crippen LogP contribution in [0, 0.1) is 0 Å². The third-order valence-corrected chi connectivity index (χ3v) is 1.71. The Morgan fingerprint density at radius 1 is 1.64 bits per heavy atom. The molecule has 1 rings (SSSR count). The molecule has 0 N–H and O–H groups in total. The molecule has 1 aromatic heterocycles. The van der Waals surface area contributed by atoms with Gasteiger partial charge in [0.15, 0.2) is 0 Å². The van der Waals surface area contributed by atoms with Gasteiger partial charge in [-0.3, -0.25) is 0 Å². The molecule has 78 valence electrons. The van der Waals surface area contributed by atoms with Gasteiger partial charge in [0.25, 0.3) is 0 Å². The van der Waals surface area contributed by atoms with Crippen molar-refractivity contribution in [2.45, 2.75) is 13.5 Å². The van der Waals surface area contributed by atoms with E-state index in [1.807, 2.05) is 0 Å². The molecule has 0 aliphatic rings. The number of ether oxygens (including phenoxy) is 2. The van der Waals surface area contributed by atoms with Crippen molar-refractivity contribution in [1.29, 1.82) is 0 Å².